The maximum Gasteiger partial charge on any atom is 0.420 e. The minimum absolute atomic E-state index is 0.0747. The van der Waals surface area contributed by atoms with E-state index >= 15 is 0 Å². The van der Waals surface area contributed by atoms with E-state index in [1.54, 1.807) is 29.0 Å². The van der Waals surface area contributed by atoms with Gasteiger partial charge in [-0.2, -0.15) is 0 Å². The lowest BCUT2D eigenvalue weighted by molar-refractivity contribution is 0.0951. The van der Waals surface area contributed by atoms with Gasteiger partial charge in [-0.3, -0.25) is 4.79 Å². The first-order chi connectivity index (χ1) is 13.3. The van der Waals surface area contributed by atoms with Crippen LogP contribution in [-0.2, 0) is 21.2 Å². The summed E-state index contributed by atoms with van der Waals surface area (Å²) in [6.45, 7) is 0.320. The number of sulfonamides is 1. The summed E-state index contributed by atoms with van der Waals surface area (Å²) in [7, 11) is -1.46. The standard InChI is InChI=1S/C18H19ClN2O6S/c1-26-16-8-5-13(19)11-15(16)17(22)20-10-9-12-3-6-14(7-4-12)28(24,25)21-18(23)27-2/h3-8,11H,9-10H2,1-2H3,(H,20,22)(H,21,23). The molecule has 2 aromatic carbocycles. The van der Waals surface area contributed by atoms with Crippen molar-refractivity contribution in [1.29, 1.82) is 0 Å². The van der Waals surface area contributed by atoms with Crippen molar-refractivity contribution >= 4 is 33.6 Å². The van der Waals surface area contributed by atoms with Gasteiger partial charge in [0.2, 0.25) is 0 Å². The van der Waals surface area contributed by atoms with E-state index in [0.717, 1.165) is 12.7 Å². The van der Waals surface area contributed by atoms with Gasteiger partial charge in [0.15, 0.2) is 0 Å². The van der Waals surface area contributed by atoms with E-state index in [1.807, 2.05) is 0 Å². The van der Waals surface area contributed by atoms with Crippen molar-refractivity contribution in [3.05, 3.63) is 58.6 Å². The Balaban J connectivity index is 1.96. The van der Waals surface area contributed by atoms with Gasteiger partial charge in [-0.25, -0.2) is 17.9 Å². The molecule has 0 aliphatic rings. The molecule has 2 aromatic rings. The molecule has 0 heterocycles. The lowest BCUT2D eigenvalue weighted by Crippen LogP contribution is -2.30. The van der Waals surface area contributed by atoms with Gasteiger partial charge in [0.05, 0.1) is 24.7 Å². The second-order valence-corrected chi connectivity index (χ2v) is 7.71. The second-order valence-electron chi connectivity index (χ2n) is 5.59. The molecule has 0 saturated carbocycles. The second kappa shape index (κ2) is 9.43. The van der Waals surface area contributed by atoms with Crippen LogP contribution in [0.3, 0.4) is 0 Å². The molecule has 2 amide bonds. The maximum absolute atomic E-state index is 12.3. The minimum Gasteiger partial charge on any atom is -0.496 e. The average Bonchev–Trinajstić information content (AvgIpc) is 2.67. The van der Waals surface area contributed by atoms with Crippen LogP contribution in [0.4, 0.5) is 4.79 Å². The fourth-order valence-corrected chi connectivity index (χ4v) is 3.41. The van der Waals surface area contributed by atoms with Gasteiger partial charge in [-0.05, 0) is 42.3 Å². The van der Waals surface area contributed by atoms with E-state index in [2.05, 4.69) is 10.1 Å². The van der Waals surface area contributed by atoms with Gasteiger partial charge in [-0.15, -0.1) is 0 Å². The molecule has 0 atom stereocenters. The molecule has 0 aliphatic heterocycles. The number of nitrogens with one attached hydrogen (secondary N) is 2. The molecule has 8 nitrogen and oxygen atoms in total. The molecule has 0 saturated heterocycles. The van der Waals surface area contributed by atoms with Crippen LogP contribution in [0.15, 0.2) is 47.4 Å². The summed E-state index contributed by atoms with van der Waals surface area (Å²) < 4.78 is 35.1. The monoisotopic (exact) mass is 426 g/mol. The van der Waals surface area contributed by atoms with Crippen molar-refractivity contribution in [1.82, 2.24) is 10.0 Å². The Labute approximate surface area is 167 Å². The highest BCUT2D eigenvalue weighted by Gasteiger charge is 2.17. The van der Waals surface area contributed by atoms with Crippen LogP contribution >= 0.6 is 11.6 Å². The third kappa shape index (κ3) is 5.61. The summed E-state index contributed by atoms with van der Waals surface area (Å²) >= 11 is 5.92. The van der Waals surface area contributed by atoms with Crippen LogP contribution in [0.2, 0.25) is 5.02 Å². The van der Waals surface area contributed by atoms with Gasteiger partial charge < -0.3 is 14.8 Å². The SMILES string of the molecule is COC(=O)NS(=O)(=O)c1ccc(CCNC(=O)c2cc(Cl)ccc2OC)cc1. The van der Waals surface area contributed by atoms with E-state index in [4.69, 9.17) is 16.3 Å². The average molecular weight is 427 g/mol. The fraction of sp³-hybridized carbons (Fsp3) is 0.222. The fourth-order valence-electron chi connectivity index (χ4n) is 2.32. The molecule has 2 rings (SSSR count). The van der Waals surface area contributed by atoms with Crippen LogP contribution in [-0.4, -0.2) is 41.2 Å². The van der Waals surface area contributed by atoms with Gasteiger partial charge in [-0.1, -0.05) is 23.7 Å². The van der Waals surface area contributed by atoms with E-state index in [1.165, 1.54) is 25.3 Å². The molecule has 0 fully saturated rings. The predicted molar refractivity (Wildman–Crippen MR) is 103 cm³/mol. The summed E-state index contributed by atoms with van der Waals surface area (Å²) in [5.74, 6) is 0.0791. The molecule has 0 spiro atoms. The quantitative estimate of drug-likeness (QED) is 0.703. The predicted octanol–water partition coefficient (Wildman–Crippen LogP) is 2.37. The molecule has 0 bridgehead atoms. The Bertz CT molecular complexity index is 961. The van der Waals surface area contributed by atoms with Crippen molar-refractivity contribution in [2.24, 2.45) is 0 Å². The first-order valence-corrected chi connectivity index (χ1v) is 9.94. The number of carbonyl (C=O) groups excluding carboxylic acids is 2. The molecule has 10 heteroatoms. The normalized spacial score (nSPS) is 10.8. The van der Waals surface area contributed by atoms with Gasteiger partial charge in [0, 0.05) is 11.6 Å². The highest BCUT2D eigenvalue weighted by molar-refractivity contribution is 7.90. The number of halogens is 1. The molecule has 0 unspecified atom stereocenters. The molecule has 150 valence electrons. The maximum atomic E-state index is 12.3. The van der Waals surface area contributed by atoms with Gasteiger partial charge >= 0.3 is 6.09 Å². The zero-order valence-electron chi connectivity index (χ0n) is 15.2. The van der Waals surface area contributed by atoms with Crippen molar-refractivity contribution in [3.63, 3.8) is 0 Å². The van der Waals surface area contributed by atoms with Crippen LogP contribution in [0, 0.1) is 0 Å². The van der Waals surface area contributed by atoms with Crippen molar-refractivity contribution < 1.29 is 27.5 Å². The molecule has 2 N–H and O–H groups in total. The Morgan fingerprint density at radius 2 is 1.75 bits per heavy atom. The third-order valence-corrected chi connectivity index (χ3v) is 5.31. The number of benzene rings is 2. The van der Waals surface area contributed by atoms with Gasteiger partial charge in [0.1, 0.15) is 5.75 Å². The molecule has 0 aliphatic carbocycles. The Hall–Kier alpha value is -2.78. The topological polar surface area (TPSA) is 111 Å². The number of methoxy groups -OCH3 is 2. The van der Waals surface area contributed by atoms with Crippen molar-refractivity contribution in [2.75, 3.05) is 20.8 Å². The van der Waals surface area contributed by atoms with E-state index < -0.39 is 16.1 Å². The Morgan fingerprint density at radius 1 is 1.07 bits per heavy atom. The summed E-state index contributed by atoms with van der Waals surface area (Å²) in [6.07, 6.45) is -0.595. The Morgan fingerprint density at radius 3 is 2.36 bits per heavy atom. The summed E-state index contributed by atoms with van der Waals surface area (Å²) in [4.78, 5) is 23.3. The Kier molecular flexibility index (Phi) is 7.24. The van der Waals surface area contributed by atoms with Crippen molar-refractivity contribution in [3.8, 4) is 5.75 Å². The largest absolute Gasteiger partial charge is 0.496 e. The minimum atomic E-state index is -3.99. The zero-order valence-corrected chi connectivity index (χ0v) is 16.8. The van der Waals surface area contributed by atoms with E-state index in [0.29, 0.717) is 29.3 Å². The number of hydrogen-bond acceptors (Lipinski definition) is 6. The van der Waals surface area contributed by atoms with E-state index in [-0.39, 0.29) is 10.8 Å². The van der Waals surface area contributed by atoms with Gasteiger partial charge in [0.25, 0.3) is 15.9 Å². The van der Waals surface area contributed by atoms with Crippen LogP contribution in [0.25, 0.3) is 0 Å². The third-order valence-electron chi connectivity index (χ3n) is 3.74. The zero-order chi connectivity index (χ0) is 20.7. The molecule has 0 radical (unpaired) electrons. The van der Waals surface area contributed by atoms with E-state index in [9.17, 15) is 18.0 Å². The number of amides is 2. The van der Waals surface area contributed by atoms with Crippen LogP contribution in [0.5, 0.6) is 5.75 Å². The highest BCUT2D eigenvalue weighted by Crippen LogP contribution is 2.22. The molecular formula is C18H19ClN2O6S. The van der Waals surface area contributed by atoms with Crippen molar-refractivity contribution in [2.45, 2.75) is 11.3 Å². The lowest BCUT2D eigenvalue weighted by atomic mass is 10.1. The molecular weight excluding hydrogens is 408 g/mol. The number of ether oxygens (including phenoxy) is 2. The number of hydrogen-bond donors (Lipinski definition) is 2. The molecule has 28 heavy (non-hydrogen) atoms. The first-order valence-electron chi connectivity index (χ1n) is 8.08. The number of carbonyl (C=O) groups is 2. The smallest absolute Gasteiger partial charge is 0.420 e. The molecule has 0 aromatic heterocycles. The van der Waals surface area contributed by atoms with Crippen LogP contribution < -0.4 is 14.8 Å². The van der Waals surface area contributed by atoms with Crippen LogP contribution in [0.1, 0.15) is 15.9 Å². The summed E-state index contributed by atoms with van der Waals surface area (Å²) in [5, 5.41) is 3.18. The highest BCUT2D eigenvalue weighted by atomic mass is 35.5. The first kappa shape index (κ1) is 21.5. The number of rotatable bonds is 7. The summed E-state index contributed by atoms with van der Waals surface area (Å²) in [6, 6.07) is 10.7. The summed E-state index contributed by atoms with van der Waals surface area (Å²) in [5.41, 5.74) is 1.13. The lowest BCUT2D eigenvalue weighted by Gasteiger charge is -2.10.